The van der Waals surface area contributed by atoms with Gasteiger partial charge in [-0.3, -0.25) is 4.90 Å². The lowest BCUT2D eigenvalue weighted by Crippen LogP contribution is -2.53. The molecule has 170 valence electrons. The maximum Gasteiger partial charge on any atom is 0.150 e. The average Bonchev–Trinajstić information content (AvgIpc) is 2.84. The van der Waals surface area contributed by atoms with E-state index in [4.69, 9.17) is 16.3 Å². The third kappa shape index (κ3) is 4.29. The Kier molecular flexibility index (Phi) is 4.34. The number of benzene rings is 3. The van der Waals surface area contributed by atoms with Crippen molar-refractivity contribution in [2.45, 2.75) is 32.4 Å². The lowest BCUT2D eigenvalue weighted by molar-refractivity contribution is 0.0202. The first kappa shape index (κ1) is 16.2. The number of aromatic hydroxyl groups is 2. The number of hydrogen-bond donors (Lipinski definition) is 2. The van der Waals surface area contributed by atoms with Gasteiger partial charge in [0.2, 0.25) is 0 Å². The van der Waals surface area contributed by atoms with E-state index in [2.05, 4.69) is 4.90 Å². The molecule has 1 atom stereocenters. The number of hydrogen-bond acceptors (Lipinski definition) is 5. The second-order valence-electron chi connectivity index (χ2n) is 8.37. The number of phenols is 2. The third-order valence-corrected chi connectivity index (χ3v) is 6.04. The van der Waals surface area contributed by atoms with Crippen LogP contribution in [-0.2, 0) is 0 Å². The minimum absolute atomic E-state index is 0.0280. The number of allylic oxidation sites excluding steroid dienone is 1. The van der Waals surface area contributed by atoms with Crippen LogP contribution < -0.4 is 9.47 Å². The summed E-state index contributed by atoms with van der Waals surface area (Å²) in [6, 6.07) is 18.1. The fourth-order valence-corrected chi connectivity index (χ4v) is 4.32. The van der Waals surface area contributed by atoms with Gasteiger partial charge in [-0.2, -0.15) is 0 Å². The Morgan fingerprint density at radius 1 is 1.00 bits per heavy atom. The summed E-state index contributed by atoms with van der Waals surface area (Å²) >= 11 is 0. The van der Waals surface area contributed by atoms with Gasteiger partial charge in [0.1, 0.15) is 35.2 Å². The van der Waals surface area contributed by atoms with Crippen LogP contribution in [0.3, 0.4) is 0 Å². The van der Waals surface area contributed by atoms with Crippen molar-refractivity contribution in [3.05, 3.63) is 83.4 Å². The van der Waals surface area contributed by atoms with E-state index < -0.39 is 19.8 Å². The summed E-state index contributed by atoms with van der Waals surface area (Å²) in [5.74, 6) is 0.997. The molecule has 0 amide bonds. The Labute approximate surface area is 201 Å². The number of ether oxygens (including phenoxy) is 2. The Morgan fingerprint density at radius 3 is 2.48 bits per heavy atom. The normalized spacial score (nSPS) is 21.1. The van der Waals surface area contributed by atoms with Crippen LogP contribution in [-0.4, -0.2) is 40.9 Å². The summed E-state index contributed by atoms with van der Waals surface area (Å²) < 4.78 is 52.1. The lowest BCUT2D eigenvalue weighted by Gasteiger charge is -2.38. The van der Waals surface area contributed by atoms with E-state index >= 15 is 0 Å². The van der Waals surface area contributed by atoms with Crippen molar-refractivity contribution in [2.24, 2.45) is 0 Å². The van der Waals surface area contributed by atoms with Crippen molar-refractivity contribution < 1.29 is 26.5 Å². The van der Waals surface area contributed by atoms with Crippen molar-refractivity contribution in [3.63, 3.8) is 0 Å². The first-order chi connectivity index (χ1) is 18.1. The Morgan fingerprint density at radius 2 is 1.76 bits per heavy atom. The third-order valence-electron chi connectivity index (χ3n) is 6.04. The van der Waals surface area contributed by atoms with Crippen LogP contribution in [0.15, 0.2) is 66.7 Å². The van der Waals surface area contributed by atoms with Crippen molar-refractivity contribution >= 4 is 11.1 Å². The van der Waals surface area contributed by atoms with Crippen LogP contribution in [0.4, 0.5) is 0 Å². The Balaban J connectivity index is 1.46. The van der Waals surface area contributed by atoms with Gasteiger partial charge in [0, 0.05) is 37.1 Å². The second-order valence-corrected chi connectivity index (χ2v) is 8.37. The van der Waals surface area contributed by atoms with Gasteiger partial charge in [-0.1, -0.05) is 31.1 Å². The summed E-state index contributed by atoms with van der Waals surface area (Å²) in [5, 5.41) is 19.9. The molecule has 3 aromatic carbocycles. The van der Waals surface area contributed by atoms with Crippen LogP contribution >= 0.6 is 0 Å². The SMILES string of the molecule is [2H]C([2H])CCN1CC(Oc2ccc(C3Oc4cc(O)ccc4C(C([2H])([2H])[2H])=C3c3ccc(O)cc3)cc2)C1. The van der Waals surface area contributed by atoms with E-state index in [0.717, 1.165) is 13.1 Å². The molecule has 1 unspecified atom stereocenters. The summed E-state index contributed by atoms with van der Waals surface area (Å²) in [4.78, 5) is 2.16. The number of nitrogens with zero attached hydrogens (tertiary/aromatic N) is 1. The molecular formula is C28H29NO4. The molecule has 3 aromatic rings. The molecular weight excluding hydrogens is 414 g/mol. The van der Waals surface area contributed by atoms with E-state index in [9.17, 15) is 10.2 Å². The first-order valence-electron chi connectivity index (χ1n) is 13.6. The molecule has 2 N–H and O–H groups in total. The molecule has 0 aliphatic carbocycles. The summed E-state index contributed by atoms with van der Waals surface area (Å²) in [7, 11) is 0. The monoisotopic (exact) mass is 448 g/mol. The summed E-state index contributed by atoms with van der Waals surface area (Å²) in [5.41, 5.74) is 2.30. The predicted molar refractivity (Wildman–Crippen MR) is 130 cm³/mol. The Hall–Kier alpha value is -3.44. The molecule has 1 fully saturated rings. The van der Waals surface area contributed by atoms with E-state index in [0.29, 0.717) is 41.0 Å². The van der Waals surface area contributed by atoms with Crippen molar-refractivity contribution in [1.29, 1.82) is 0 Å². The minimum Gasteiger partial charge on any atom is -0.508 e. The van der Waals surface area contributed by atoms with E-state index in [-0.39, 0.29) is 28.9 Å². The van der Waals surface area contributed by atoms with Gasteiger partial charge in [-0.05, 0) is 72.9 Å². The van der Waals surface area contributed by atoms with Crippen molar-refractivity contribution in [1.82, 2.24) is 4.90 Å². The number of likely N-dealkylation sites (tertiary alicyclic amines) is 1. The molecule has 5 heteroatoms. The molecule has 0 aromatic heterocycles. The highest BCUT2D eigenvalue weighted by atomic mass is 16.5. The highest BCUT2D eigenvalue weighted by molar-refractivity contribution is 5.95. The molecule has 2 aliphatic rings. The standard InChI is InChI=1S/C28H29NO4/c1-3-14-29-16-24(17-29)32-23-11-6-20(7-12-23)28-27(19-4-8-21(30)9-5-19)18(2)25-13-10-22(31)15-26(25)33-28/h4-13,15,24,28,30-31H,3,14,16-17H2,1-2H3/i1D2,2D3. The van der Waals surface area contributed by atoms with Crippen LogP contribution in [0.1, 0.15) is 49.8 Å². The number of phenolic OH excluding ortho intramolecular Hbond substituents is 2. The molecule has 33 heavy (non-hydrogen) atoms. The molecule has 5 nitrogen and oxygen atoms in total. The van der Waals surface area contributed by atoms with Gasteiger partial charge >= 0.3 is 0 Å². The van der Waals surface area contributed by atoms with Crippen LogP contribution in [0.2, 0.25) is 0 Å². The van der Waals surface area contributed by atoms with Gasteiger partial charge in [0.25, 0.3) is 0 Å². The van der Waals surface area contributed by atoms with Crippen molar-refractivity contribution in [3.8, 4) is 23.0 Å². The fraction of sp³-hybridized carbons (Fsp3) is 0.286. The average molecular weight is 449 g/mol. The molecule has 0 bridgehead atoms. The smallest absolute Gasteiger partial charge is 0.150 e. The number of fused-ring (bicyclic) bond motifs is 1. The molecule has 0 spiro atoms. The molecule has 0 radical (unpaired) electrons. The van der Waals surface area contributed by atoms with Gasteiger partial charge in [-0.25, -0.2) is 0 Å². The van der Waals surface area contributed by atoms with Gasteiger partial charge in [0.05, 0.1) is 0 Å². The Bertz CT molecular complexity index is 1320. The maximum atomic E-state index is 10.1. The zero-order valence-corrected chi connectivity index (χ0v) is 18.1. The maximum absolute atomic E-state index is 10.1. The quantitative estimate of drug-likeness (QED) is 0.511. The second kappa shape index (κ2) is 8.83. The summed E-state index contributed by atoms with van der Waals surface area (Å²) in [6.07, 6.45) is -0.231. The summed E-state index contributed by atoms with van der Waals surface area (Å²) in [6.45, 7) is -1.08. The predicted octanol–water partition coefficient (Wildman–Crippen LogP) is 5.64. The highest BCUT2D eigenvalue weighted by Crippen LogP contribution is 2.47. The fourth-order valence-electron chi connectivity index (χ4n) is 4.32. The topological polar surface area (TPSA) is 62.2 Å². The molecule has 0 saturated carbocycles. The van der Waals surface area contributed by atoms with Gasteiger partial charge in [0.15, 0.2) is 0 Å². The van der Waals surface area contributed by atoms with E-state index in [1.54, 1.807) is 18.2 Å². The van der Waals surface area contributed by atoms with E-state index in [1.807, 2.05) is 24.3 Å². The van der Waals surface area contributed by atoms with Crippen LogP contribution in [0.25, 0.3) is 11.1 Å². The number of rotatable bonds is 6. The minimum atomic E-state index is -2.47. The zero-order chi connectivity index (χ0) is 27.0. The van der Waals surface area contributed by atoms with Gasteiger partial charge in [-0.15, -0.1) is 0 Å². The van der Waals surface area contributed by atoms with Gasteiger partial charge < -0.3 is 19.7 Å². The van der Waals surface area contributed by atoms with Crippen LogP contribution in [0, 0.1) is 0 Å². The highest BCUT2D eigenvalue weighted by Gasteiger charge is 2.30. The molecule has 2 aliphatic heterocycles. The zero-order valence-electron chi connectivity index (χ0n) is 23.1. The molecule has 1 saturated heterocycles. The van der Waals surface area contributed by atoms with E-state index in [1.165, 1.54) is 24.3 Å². The van der Waals surface area contributed by atoms with Crippen molar-refractivity contribution in [2.75, 3.05) is 19.6 Å². The molecule has 2 heterocycles. The van der Waals surface area contributed by atoms with Crippen LogP contribution in [0.5, 0.6) is 23.0 Å². The largest absolute Gasteiger partial charge is 0.508 e. The lowest BCUT2D eigenvalue weighted by atomic mass is 9.86. The first-order valence-corrected chi connectivity index (χ1v) is 11.0. The molecule has 5 rings (SSSR count).